The number of ether oxygens (including phenoxy) is 1. The third kappa shape index (κ3) is 5.19. The second-order valence-corrected chi connectivity index (χ2v) is 8.57. The summed E-state index contributed by atoms with van der Waals surface area (Å²) in [6.45, 7) is 8.75. The van der Waals surface area contributed by atoms with E-state index < -0.39 is 0 Å². The Morgan fingerprint density at radius 1 is 1.03 bits per heavy atom. The lowest BCUT2D eigenvalue weighted by atomic mass is 9.91. The Kier molecular flexibility index (Phi) is 7.55. The van der Waals surface area contributed by atoms with Gasteiger partial charge in [0.05, 0.1) is 36.6 Å². The molecule has 1 unspecified atom stereocenters. The SMILES string of the molecule is CCC(CC)C(C(=O)NCc1ccc(Cn2cnc3ccccc32)cc1)N1CCOCC1. The molecule has 0 radical (unpaired) electrons. The molecule has 1 atom stereocenters. The fourth-order valence-electron chi connectivity index (χ4n) is 4.66. The van der Waals surface area contributed by atoms with Crippen molar-refractivity contribution in [1.82, 2.24) is 19.8 Å². The first-order chi connectivity index (χ1) is 15.7. The van der Waals surface area contributed by atoms with Crippen LogP contribution >= 0.6 is 0 Å². The number of nitrogens with zero attached hydrogens (tertiary/aromatic N) is 3. The van der Waals surface area contributed by atoms with Crippen LogP contribution in [0.2, 0.25) is 0 Å². The van der Waals surface area contributed by atoms with E-state index in [2.05, 4.69) is 63.9 Å². The van der Waals surface area contributed by atoms with Gasteiger partial charge in [0.25, 0.3) is 0 Å². The summed E-state index contributed by atoms with van der Waals surface area (Å²) in [5.41, 5.74) is 4.48. The van der Waals surface area contributed by atoms with Crippen LogP contribution in [0.25, 0.3) is 11.0 Å². The van der Waals surface area contributed by atoms with Gasteiger partial charge in [0.2, 0.25) is 5.91 Å². The van der Waals surface area contributed by atoms with Gasteiger partial charge in [-0.15, -0.1) is 0 Å². The molecule has 170 valence electrons. The van der Waals surface area contributed by atoms with Gasteiger partial charge < -0.3 is 14.6 Å². The average Bonchev–Trinajstić information content (AvgIpc) is 3.25. The maximum absolute atomic E-state index is 13.2. The van der Waals surface area contributed by atoms with Gasteiger partial charge >= 0.3 is 0 Å². The molecule has 3 aromatic rings. The second kappa shape index (κ2) is 10.7. The Morgan fingerprint density at radius 2 is 1.72 bits per heavy atom. The molecule has 6 heteroatoms. The van der Waals surface area contributed by atoms with Crippen molar-refractivity contribution in [2.75, 3.05) is 26.3 Å². The van der Waals surface area contributed by atoms with Gasteiger partial charge in [0.15, 0.2) is 0 Å². The first-order valence-electron chi connectivity index (χ1n) is 11.8. The molecule has 1 saturated heterocycles. The van der Waals surface area contributed by atoms with Crippen molar-refractivity contribution in [2.24, 2.45) is 5.92 Å². The quantitative estimate of drug-likeness (QED) is 0.556. The van der Waals surface area contributed by atoms with Crippen LogP contribution in [0.3, 0.4) is 0 Å². The summed E-state index contributed by atoms with van der Waals surface area (Å²) in [5, 5.41) is 3.20. The number of benzene rings is 2. The maximum Gasteiger partial charge on any atom is 0.237 e. The van der Waals surface area contributed by atoms with Crippen LogP contribution in [0, 0.1) is 5.92 Å². The van der Waals surface area contributed by atoms with Gasteiger partial charge in [-0.25, -0.2) is 4.98 Å². The smallest absolute Gasteiger partial charge is 0.237 e. The van der Waals surface area contributed by atoms with Gasteiger partial charge in [0, 0.05) is 26.2 Å². The van der Waals surface area contributed by atoms with Crippen LogP contribution in [0.4, 0.5) is 0 Å². The molecule has 4 rings (SSSR count). The summed E-state index contributed by atoms with van der Waals surface area (Å²) in [4.78, 5) is 19.9. The molecule has 1 aromatic heterocycles. The number of morpholine rings is 1. The molecule has 0 aliphatic carbocycles. The molecule has 1 aliphatic heterocycles. The van der Waals surface area contributed by atoms with Gasteiger partial charge in [-0.05, 0) is 29.2 Å². The Hall–Kier alpha value is -2.70. The number of carbonyl (C=O) groups excluding carboxylic acids is 1. The van der Waals surface area contributed by atoms with Crippen LogP contribution in [-0.2, 0) is 22.6 Å². The molecule has 0 saturated carbocycles. The monoisotopic (exact) mass is 434 g/mol. The standard InChI is InChI=1S/C26H34N4O2/c1-3-22(4-2)25(29-13-15-32-16-14-29)26(31)27-17-20-9-11-21(12-10-20)18-30-19-28-23-7-5-6-8-24(23)30/h5-12,19,22,25H,3-4,13-18H2,1-2H3,(H,27,31). The average molecular weight is 435 g/mol. The zero-order valence-electron chi connectivity index (χ0n) is 19.2. The minimum atomic E-state index is -0.0808. The summed E-state index contributed by atoms with van der Waals surface area (Å²) < 4.78 is 7.66. The highest BCUT2D eigenvalue weighted by atomic mass is 16.5. The van der Waals surface area contributed by atoms with Gasteiger partial charge in [-0.3, -0.25) is 9.69 Å². The van der Waals surface area contributed by atoms with E-state index in [4.69, 9.17) is 4.74 Å². The number of hydrogen-bond acceptors (Lipinski definition) is 4. The fraction of sp³-hybridized carbons (Fsp3) is 0.462. The van der Waals surface area contributed by atoms with Crippen molar-refractivity contribution in [3.05, 3.63) is 66.0 Å². The van der Waals surface area contributed by atoms with Crippen LogP contribution < -0.4 is 5.32 Å². The molecular formula is C26H34N4O2. The largest absolute Gasteiger partial charge is 0.379 e. The predicted molar refractivity (Wildman–Crippen MR) is 127 cm³/mol. The lowest BCUT2D eigenvalue weighted by Gasteiger charge is -2.37. The summed E-state index contributed by atoms with van der Waals surface area (Å²) in [5.74, 6) is 0.495. The van der Waals surface area contributed by atoms with Crippen molar-refractivity contribution in [3.8, 4) is 0 Å². The molecular weight excluding hydrogens is 400 g/mol. The number of imidazole rings is 1. The van der Waals surface area contributed by atoms with E-state index in [1.165, 1.54) is 5.56 Å². The second-order valence-electron chi connectivity index (χ2n) is 8.57. The summed E-state index contributed by atoms with van der Waals surface area (Å²) >= 11 is 0. The van der Waals surface area contributed by atoms with Gasteiger partial charge in [-0.2, -0.15) is 0 Å². The molecule has 32 heavy (non-hydrogen) atoms. The molecule has 0 bridgehead atoms. The van der Waals surface area contributed by atoms with E-state index in [0.29, 0.717) is 25.7 Å². The van der Waals surface area contributed by atoms with Crippen molar-refractivity contribution in [1.29, 1.82) is 0 Å². The van der Waals surface area contributed by atoms with Crippen molar-refractivity contribution in [3.63, 3.8) is 0 Å². The van der Waals surface area contributed by atoms with E-state index in [9.17, 15) is 4.79 Å². The van der Waals surface area contributed by atoms with E-state index in [-0.39, 0.29) is 11.9 Å². The van der Waals surface area contributed by atoms with Crippen LogP contribution in [-0.4, -0.2) is 52.7 Å². The van der Waals surface area contributed by atoms with Crippen molar-refractivity contribution in [2.45, 2.75) is 45.8 Å². The maximum atomic E-state index is 13.2. The third-order valence-corrected chi connectivity index (χ3v) is 6.57. The number of nitrogens with one attached hydrogen (secondary N) is 1. The Morgan fingerprint density at radius 3 is 2.44 bits per heavy atom. The van der Waals surface area contributed by atoms with Crippen molar-refractivity contribution >= 4 is 16.9 Å². The van der Waals surface area contributed by atoms with Crippen LogP contribution in [0.5, 0.6) is 0 Å². The summed E-state index contributed by atoms with van der Waals surface area (Å²) in [6.07, 6.45) is 3.90. The Bertz CT molecular complexity index is 1000. The molecule has 6 nitrogen and oxygen atoms in total. The molecule has 1 N–H and O–H groups in total. The highest BCUT2D eigenvalue weighted by molar-refractivity contribution is 5.82. The molecule has 1 aliphatic rings. The zero-order valence-corrected chi connectivity index (χ0v) is 19.2. The summed E-state index contributed by atoms with van der Waals surface area (Å²) in [6, 6.07) is 16.6. The van der Waals surface area contributed by atoms with Gasteiger partial charge in [0.1, 0.15) is 0 Å². The zero-order chi connectivity index (χ0) is 22.3. The first-order valence-corrected chi connectivity index (χ1v) is 11.8. The lowest BCUT2D eigenvalue weighted by Crippen LogP contribution is -2.54. The van der Waals surface area contributed by atoms with E-state index in [1.807, 2.05) is 24.5 Å². The summed E-state index contributed by atoms with van der Waals surface area (Å²) in [7, 11) is 0. The Balaban J connectivity index is 1.37. The number of rotatable bonds is 9. The van der Waals surface area contributed by atoms with Gasteiger partial charge in [-0.1, -0.05) is 63.1 Å². The molecule has 1 amide bonds. The fourth-order valence-corrected chi connectivity index (χ4v) is 4.66. The number of hydrogen-bond donors (Lipinski definition) is 1. The first kappa shape index (κ1) is 22.5. The van der Waals surface area contributed by atoms with E-state index in [0.717, 1.165) is 49.1 Å². The highest BCUT2D eigenvalue weighted by Crippen LogP contribution is 2.21. The molecule has 1 fully saturated rings. The minimum Gasteiger partial charge on any atom is -0.379 e. The Labute approximate surface area is 190 Å². The number of amides is 1. The number of fused-ring (bicyclic) bond motifs is 1. The molecule has 2 aromatic carbocycles. The number of para-hydroxylation sites is 2. The highest BCUT2D eigenvalue weighted by Gasteiger charge is 2.32. The van der Waals surface area contributed by atoms with Crippen LogP contribution in [0.1, 0.15) is 37.8 Å². The topological polar surface area (TPSA) is 59.4 Å². The number of aromatic nitrogens is 2. The van der Waals surface area contributed by atoms with E-state index >= 15 is 0 Å². The molecule has 2 heterocycles. The predicted octanol–water partition coefficient (Wildman–Crippen LogP) is 3.84. The van der Waals surface area contributed by atoms with E-state index in [1.54, 1.807) is 0 Å². The van der Waals surface area contributed by atoms with Crippen molar-refractivity contribution < 1.29 is 9.53 Å². The minimum absolute atomic E-state index is 0.0808. The number of carbonyl (C=O) groups is 1. The lowest BCUT2D eigenvalue weighted by molar-refractivity contribution is -0.131. The third-order valence-electron chi connectivity index (χ3n) is 6.57. The molecule has 0 spiro atoms. The van der Waals surface area contributed by atoms with Crippen LogP contribution in [0.15, 0.2) is 54.9 Å². The normalized spacial score (nSPS) is 15.8.